The molecule has 4 aliphatic rings. The van der Waals surface area contributed by atoms with Gasteiger partial charge in [-0.1, -0.05) is 13.8 Å². The van der Waals surface area contributed by atoms with Gasteiger partial charge in [-0.05, 0) is 32.0 Å². The molecule has 0 radical (unpaired) electrons. The molecule has 13 atom stereocenters. The number of cyclic esters (lactones) is 1. The van der Waals surface area contributed by atoms with Crippen LogP contribution in [-0.2, 0) is 68.9 Å². The largest absolute Gasteiger partial charge is 0.465 e. The minimum Gasteiger partial charge on any atom is -0.465 e. The van der Waals surface area contributed by atoms with Gasteiger partial charge in [-0.3, -0.25) is 33.8 Å². The van der Waals surface area contributed by atoms with Crippen LogP contribution in [0.15, 0.2) is 41.5 Å². The first-order valence-electron chi connectivity index (χ1n) is 19.4. The molecule has 2 aliphatic heterocycles. The van der Waals surface area contributed by atoms with Gasteiger partial charge in [0.25, 0.3) is 0 Å². The fraction of sp³-hybridized carbons (Fsp3) is 0.585. The molecule has 6 rings (SSSR count). The maximum Gasteiger partial charge on any atom is 0.340 e. The van der Waals surface area contributed by atoms with Crippen molar-refractivity contribution in [2.45, 2.75) is 115 Å². The van der Waals surface area contributed by atoms with Crippen LogP contribution in [0.2, 0.25) is 0 Å². The third-order valence-electron chi connectivity index (χ3n) is 12.4. The van der Waals surface area contributed by atoms with Crippen LogP contribution in [0.4, 0.5) is 0 Å². The van der Waals surface area contributed by atoms with Crippen molar-refractivity contribution >= 4 is 41.8 Å². The fourth-order valence-electron chi connectivity index (χ4n) is 9.68. The van der Waals surface area contributed by atoms with E-state index in [9.17, 15) is 48.6 Å². The van der Waals surface area contributed by atoms with E-state index in [0.717, 1.165) is 57.5 Å². The molecule has 330 valence electrons. The Morgan fingerprint density at radius 2 is 1.51 bits per heavy atom. The highest BCUT2D eigenvalue weighted by Gasteiger charge is 2.91. The number of hydrogen-bond acceptors (Lipinski definition) is 19. The van der Waals surface area contributed by atoms with Crippen LogP contribution in [0.1, 0.15) is 87.7 Å². The van der Waals surface area contributed by atoms with E-state index in [4.69, 9.17) is 37.9 Å². The Morgan fingerprint density at radius 1 is 0.869 bits per heavy atom. The molecule has 0 aromatic carbocycles. The van der Waals surface area contributed by atoms with Crippen molar-refractivity contribution in [3.05, 3.63) is 63.8 Å². The molecule has 61 heavy (non-hydrogen) atoms. The van der Waals surface area contributed by atoms with E-state index in [-0.39, 0.29) is 16.8 Å². The van der Waals surface area contributed by atoms with Crippen LogP contribution < -0.4 is 5.56 Å². The lowest BCUT2D eigenvalue weighted by molar-refractivity contribution is -0.385. The van der Waals surface area contributed by atoms with E-state index in [0.29, 0.717) is 0 Å². The number of pyridine rings is 2. The first kappa shape index (κ1) is 44.8. The van der Waals surface area contributed by atoms with E-state index >= 15 is 0 Å². The zero-order chi connectivity index (χ0) is 45.1. The number of fused-ring (bicyclic) bond motifs is 5. The smallest absolute Gasteiger partial charge is 0.340 e. The predicted octanol–water partition coefficient (Wildman–Crippen LogP) is 0.455. The number of carbonyl (C=O) groups excluding carboxylic acids is 7. The summed E-state index contributed by atoms with van der Waals surface area (Å²) in [6.07, 6.45) is -10.2. The highest BCUT2D eigenvalue weighted by atomic mass is 16.7. The SMILES string of the molecule is CC(=O)OCC12C(OC(=O)c3ccc(=O)n(C)c3)C(O)C3OC(=O)C(C)C(C)c4ncccc4C(=O)OCC4(C)OC1(C(OC(C)=O)C4C(OC(C)=O)C2OC(C)=O)C3(C)O. The van der Waals surface area contributed by atoms with Crippen LogP contribution in [-0.4, -0.2) is 128 Å². The molecule has 2 aromatic rings. The topological polar surface area (TPSA) is 269 Å². The highest BCUT2D eigenvalue weighted by molar-refractivity contribution is 5.91. The lowest BCUT2D eigenvalue weighted by Gasteiger charge is -2.67. The normalized spacial score (nSPS) is 36.5. The van der Waals surface area contributed by atoms with Gasteiger partial charge in [-0.2, -0.15) is 0 Å². The Bertz CT molecular complexity index is 2220. The van der Waals surface area contributed by atoms with Crippen LogP contribution in [0.3, 0.4) is 0 Å². The minimum absolute atomic E-state index is 0.0536. The molecule has 3 fully saturated rings. The van der Waals surface area contributed by atoms with Crippen molar-refractivity contribution in [2.75, 3.05) is 13.2 Å². The predicted molar refractivity (Wildman–Crippen MR) is 201 cm³/mol. The van der Waals surface area contributed by atoms with Crippen molar-refractivity contribution in [2.24, 2.45) is 24.3 Å². The molecule has 4 heterocycles. The Balaban J connectivity index is 1.76. The second-order valence-electron chi connectivity index (χ2n) is 16.4. The van der Waals surface area contributed by atoms with Gasteiger partial charge >= 0.3 is 41.8 Å². The van der Waals surface area contributed by atoms with Gasteiger partial charge in [0.15, 0.2) is 17.8 Å². The van der Waals surface area contributed by atoms with Crippen molar-refractivity contribution in [1.82, 2.24) is 9.55 Å². The van der Waals surface area contributed by atoms with E-state index in [1.54, 1.807) is 6.92 Å². The maximum atomic E-state index is 14.4. The molecule has 20 nitrogen and oxygen atoms in total. The van der Waals surface area contributed by atoms with E-state index in [1.165, 1.54) is 39.2 Å². The highest BCUT2D eigenvalue weighted by Crippen LogP contribution is 2.70. The number of aliphatic hydroxyl groups excluding tert-OH is 1. The summed E-state index contributed by atoms with van der Waals surface area (Å²) in [6, 6.07) is 5.04. The second kappa shape index (κ2) is 15.9. The van der Waals surface area contributed by atoms with Crippen LogP contribution in [0.5, 0.6) is 0 Å². The van der Waals surface area contributed by atoms with Gasteiger partial charge in [-0.15, -0.1) is 0 Å². The lowest BCUT2D eigenvalue weighted by atomic mass is 9.45. The summed E-state index contributed by atoms with van der Waals surface area (Å²) in [5.41, 5.74) is -11.2. The number of nitrogens with zero attached hydrogens (tertiary/aromatic N) is 2. The molecule has 2 aromatic heterocycles. The van der Waals surface area contributed by atoms with Gasteiger partial charge in [-0.25, -0.2) is 9.59 Å². The van der Waals surface area contributed by atoms with Crippen molar-refractivity contribution in [1.29, 1.82) is 0 Å². The number of esters is 7. The summed E-state index contributed by atoms with van der Waals surface area (Å²) in [7, 11) is 1.34. The molecular formula is C41H48N2O18. The minimum atomic E-state index is -2.87. The summed E-state index contributed by atoms with van der Waals surface area (Å²) in [5, 5.41) is 26.1. The Hall–Kier alpha value is -5.73. The van der Waals surface area contributed by atoms with E-state index in [2.05, 4.69) is 4.98 Å². The van der Waals surface area contributed by atoms with Crippen molar-refractivity contribution < 1.29 is 81.7 Å². The second-order valence-corrected chi connectivity index (χ2v) is 16.4. The Kier molecular flexibility index (Phi) is 11.7. The van der Waals surface area contributed by atoms with E-state index in [1.807, 2.05) is 0 Å². The number of aliphatic hydroxyl groups is 2. The summed E-state index contributed by atoms with van der Waals surface area (Å²) in [5.74, 6) is -11.0. The molecule has 13 unspecified atom stereocenters. The average Bonchev–Trinajstić information content (AvgIpc) is 3.40. The van der Waals surface area contributed by atoms with Gasteiger partial charge < -0.3 is 52.7 Å². The first-order chi connectivity index (χ1) is 28.4. The van der Waals surface area contributed by atoms with Gasteiger partial charge in [0.2, 0.25) is 5.56 Å². The molecule has 1 spiro atoms. The molecule has 4 bridgehead atoms. The van der Waals surface area contributed by atoms with Crippen LogP contribution >= 0.6 is 0 Å². The first-order valence-corrected chi connectivity index (χ1v) is 19.4. The Morgan fingerprint density at radius 3 is 2.11 bits per heavy atom. The standard InChI is InChI=1S/C41H48N2O18/c1-18-19(2)35(50)59-32-29(49)33(60-36(51)24-12-13-26(48)43(9)15-24)40(17-54-20(3)44)34(58-23(6)47)30(56-21(4)45)27-31(57-22(5)46)41(40,39(32,8)53)61-38(27,7)16-55-37(52)25-11-10-14-42-28(18)25/h10-15,18-19,27,29-34,49,53H,16-17H2,1-9H3. The summed E-state index contributed by atoms with van der Waals surface area (Å²) in [6.45, 7) is 7.51. The average molecular weight is 857 g/mol. The van der Waals surface area contributed by atoms with Crippen molar-refractivity contribution in [3.63, 3.8) is 0 Å². The third kappa shape index (κ3) is 7.12. The zero-order valence-corrected chi connectivity index (χ0v) is 34.9. The lowest BCUT2D eigenvalue weighted by Crippen LogP contribution is -2.89. The van der Waals surface area contributed by atoms with Gasteiger partial charge in [0, 0.05) is 59.1 Å². The molecule has 2 aliphatic carbocycles. The van der Waals surface area contributed by atoms with Crippen molar-refractivity contribution in [3.8, 4) is 0 Å². The van der Waals surface area contributed by atoms with Gasteiger partial charge in [0.05, 0.1) is 28.7 Å². The van der Waals surface area contributed by atoms with Gasteiger partial charge in [0.1, 0.15) is 54.2 Å². The quantitative estimate of drug-likeness (QED) is 0.283. The number of rotatable bonds is 7. The number of ether oxygens (including phenoxy) is 8. The number of carbonyl (C=O) groups is 7. The molecule has 2 saturated carbocycles. The molecule has 0 amide bonds. The number of hydrogen-bond donors (Lipinski definition) is 2. The maximum absolute atomic E-state index is 14.4. The fourth-order valence-corrected chi connectivity index (χ4v) is 9.68. The summed E-state index contributed by atoms with van der Waals surface area (Å²) in [4.78, 5) is 112. The van der Waals surface area contributed by atoms with Crippen LogP contribution in [0, 0.1) is 17.3 Å². The monoisotopic (exact) mass is 856 g/mol. The third-order valence-corrected chi connectivity index (χ3v) is 12.4. The summed E-state index contributed by atoms with van der Waals surface area (Å²) < 4.78 is 49.8. The summed E-state index contributed by atoms with van der Waals surface area (Å²) >= 11 is 0. The molecule has 1 saturated heterocycles. The molecule has 20 heteroatoms. The molecular weight excluding hydrogens is 808 g/mol. The number of aryl methyl sites for hydroxylation is 1. The van der Waals surface area contributed by atoms with Crippen LogP contribution in [0.25, 0.3) is 0 Å². The van der Waals surface area contributed by atoms with E-state index < -0.39 is 137 Å². The zero-order valence-electron chi connectivity index (χ0n) is 34.9. The number of aromatic nitrogens is 2. The molecule has 2 N–H and O–H groups in total. The Labute approximate surface area is 348 Å².